The Labute approximate surface area is 256 Å². The molecule has 0 amide bonds. The summed E-state index contributed by atoms with van der Waals surface area (Å²) < 4.78 is 15.8. The molecule has 0 unspecified atom stereocenters. The summed E-state index contributed by atoms with van der Waals surface area (Å²) in [6, 6.07) is 22.2. The first-order valence-corrected chi connectivity index (χ1v) is 15.7. The quantitative estimate of drug-likeness (QED) is 0.0719. The van der Waals surface area contributed by atoms with E-state index in [0.717, 1.165) is 47.9 Å². The predicted octanol–water partition coefficient (Wildman–Crippen LogP) is 10.2. The second-order valence-electron chi connectivity index (χ2n) is 11.5. The Morgan fingerprint density at radius 1 is 0.698 bits per heavy atom. The van der Waals surface area contributed by atoms with Crippen LogP contribution < -0.4 is 4.74 Å². The lowest BCUT2D eigenvalue weighted by Gasteiger charge is -2.15. The number of carbonyl (C=O) groups excluding carboxylic acids is 3. The normalized spacial score (nSPS) is 11.7. The fraction of sp³-hybridized carbons (Fsp3) is 0.432. The molecule has 0 bridgehead atoms. The van der Waals surface area contributed by atoms with Crippen LogP contribution in [0.3, 0.4) is 0 Å². The Kier molecular flexibility index (Phi) is 14.0. The monoisotopic (exact) mass is 586 g/mol. The van der Waals surface area contributed by atoms with E-state index in [1.54, 1.807) is 31.2 Å². The van der Waals surface area contributed by atoms with Gasteiger partial charge in [0.05, 0.1) is 5.56 Å². The summed E-state index contributed by atoms with van der Waals surface area (Å²) >= 11 is 0. The van der Waals surface area contributed by atoms with E-state index in [4.69, 9.17) is 14.2 Å². The fourth-order valence-corrected chi connectivity index (χ4v) is 4.84. The number of carbonyl (C=O) groups is 3. The smallest absolute Gasteiger partial charge is 0.431 e. The highest BCUT2D eigenvalue weighted by molar-refractivity contribution is 5.98. The summed E-state index contributed by atoms with van der Waals surface area (Å²) in [4.78, 5) is 37.5. The van der Waals surface area contributed by atoms with Crippen molar-refractivity contribution in [2.24, 2.45) is 5.92 Å². The molecule has 0 aliphatic heterocycles. The third-order valence-corrected chi connectivity index (χ3v) is 7.35. The maximum atomic E-state index is 12.9. The number of benzene rings is 3. The maximum Gasteiger partial charge on any atom is 0.516 e. The highest BCUT2D eigenvalue weighted by atomic mass is 16.7. The number of esters is 2. The average molecular weight is 587 g/mol. The first-order valence-electron chi connectivity index (χ1n) is 15.7. The van der Waals surface area contributed by atoms with Crippen molar-refractivity contribution in [3.63, 3.8) is 0 Å². The van der Waals surface area contributed by atoms with Crippen molar-refractivity contribution in [1.29, 1.82) is 0 Å². The molecule has 0 saturated heterocycles. The molecule has 6 heteroatoms. The van der Waals surface area contributed by atoms with Crippen LogP contribution in [0.2, 0.25) is 0 Å². The number of rotatable bonds is 16. The molecule has 230 valence electrons. The molecule has 43 heavy (non-hydrogen) atoms. The summed E-state index contributed by atoms with van der Waals surface area (Å²) in [5.41, 5.74) is 3.72. The van der Waals surface area contributed by atoms with Gasteiger partial charge in [-0.1, -0.05) is 108 Å². The van der Waals surface area contributed by atoms with E-state index in [0.29, 0.717) is 24.5 Å². The number of hydrogen-bond donors (Lipinski definition) is 0. The molecule has 0 radical (unpaired) electrons. The van der Waals surface area contributed by atoms with Gasteiger partial charge in [-0.15, -0.1) is 0 Å². The first-order chi connectivity index (χ1) is 20.8. The van der Waals surface area contributed by atoms with Gasteiger partial charge in [0.1, 0.15) is 11.9 Å². The Balaban J connectivity index is 1.66. The molecule has 0 N–H and O–H groups in total. The topological polar surface area (TPSA) is 78.9 Å². The minimum absolute atomic E-state index is 0.220. The number of unbranched alkanes of at least 4 members (excludes halogenated alkanes) is 6. The lowest BCUT2D eigenvalue weighted by atomic mass is 9.93. The van der Waals surface area contributed by atoms with Crippen LogP contribution in [0.4, 0.5) is 4.79 Å². The zero-order valence-electron chi connectivity index (χ0n) is 26.1. The number of hydrogen-bond acceptors (Lipinski definition) is 6. The van der Waals surface area contributed by atoms with E-state index >= 15 is 0 Å². The van der Waals surface area contributed by atoms with Gasteiger partial charge in [0.15, 0.2) is 0 Å². The number of ether oxygens (including phenoxy) is 3. The van der Waals surface area contributed by atoms with E-state index in [-0.39, 0.29) is 17.6 Å². The largest absolute Gasteiger partial charge is 0.516 e. The van der Waals surface area contributed by atoms with Crippen molar-refractivity contribution in [3.05, 3.63) is 78.4 Å². The van der Waals surface area contributed by atoms with Crippen LogP contribution in [0.15, 0.2) is 72.8 Å². The second-order valence-corrected chi connectivity index (χ2v) is 11.5. The van der Waals surface area contributed by atoms with Crippen molar-refractivity contribution in [1.82, 2.24) is 0 Å². The standard InChI is InChI=1S/C37H46O6/c1-5-6-7-8-9-10-14-17-35(38)42-32-23-20-30(21-24-32)33-25-22-31(26-34(33)29-15-12-11-13-16-29)36(39)43-37(40)41-28(4)19-18-27(2)3/h11-13,15-16,20-28H,5-10,14,17-19H2,1-4H3/t28-/m1/s1. The molecule has 0 heterocycles. The highest BCUT2D eigenvalue weighted by Gasteiger charge is 2.19. The molecule has 3 rings (SSSR count). The maximum absolute atomic E-state index is 12.9. The zero-order chi connectivity index (χ0) is 31.0. The van der Waals surface area contributed by atoms with Crippen molar-refractivity contribution in [2.75, 3.05) is 0 Å². The van der Waals surface area contributed by atoms with E-state index in [9.17, 15) is 14.4 Å². The summed E-state index contributed by atoms with van der Waals surface area (Å²) in [5, 5.41) is 0. The van der Waals surface area contributed by atoms with Crippen LogP contribution in [0.5, 0.6) is 5.75 Å². The molecule has 1 atom stereocenters. The van der Waals surface area contributed by atoms with Gasteiger partial charge >= 0.3 is 18.1 Å². The van der Waals surface area contributed by atoms with E-state index in [2.05, 4.69) is 20.8 Å². The molecule has 0 saturated carbocycles. The van der Waals surface area contributed by atoms with Gasteiger partial charge in [0.25, 0.3) is 0 Å². The minimum Gasteiger partial charge on any atom is -0.431 e. The van der Waals surface area contributed by atoms with Crippen LogP contribution >= 0.6 is 0 Å². The summed E-state index contributed by atoms with van der Waals surface area (Å²) in [5.74, 6) is -0.00106. The lowest BCUT2D eigenvalue weighted by Crippen LogP contribution is -2.20. The Morgan fingerprint density at radius 3 is 2.02 bits per heavy atom. The summed E-state index contributed by atoms with van der Waals surface area (Å²) in [6.45, 7) is 8.20. The van der Waals surface area contributed by atoms with Gasteiger partial charge in [0, 0.05) is 6.42 Å². The summed E-state index contributed by atoms with van der Waals surface area (Å²) in [7, 11) is 0. The molecule has 3 aromatic rings. The van der Waals surface area contributed by atoms with Gasteiger partial charge < -0.3 is 14.2 Å². The van der Waals surface area contributed by atoms with Crippen molar-refractivity contribution in [2.45, 2.75) is 98.0 Å². The van der Waals surface area contributed by atoms with Crippen LogP contribution in [0.1, 0.15) is 102 Å². The van der Waals surface area contributed by atoms with Crippen LogP contribution in [0.25, 0.3) is 22.3 Å². The highest BCUT2D eigenvalue weighted by Crippen LogP contribution is 2.34. The Hall–Kier alpha value is -3.93. The first kappa shape index (κ1) is 33.6. The van der Waals surface area contributed by atoms with Gasteiger partial charge in [-0.2, -0.15) is 0 Å². The molecule has 6 nitrogen and oxygen atoms in total. The van der Waals surface area contributed by atoms with Gasteiger partial charge in [-0.3, -0.25) is 4.79 Å². The Bertz CT molecular complexity index is 1300. The van der Waals surface area contributed by atoms with Crippen molar-refractivity contribution >= 4 is 18.1 Å². The van der Waals surface area contributed by atoms with Gasteiger partial charge in [-0.05, 0) is 78.6 Å². The SMILES string of the molecule is CCCCCCCCCC(=O)Oc1ccc(-c2ccc(C(=O)OC(=O)O[C@H](C)CCC(C)C)cc2-c2ccccc2)cc1. The predicted molar refractivity (Wildman–Crippen MR) is 171 cm³/mol. The molecule has 0 spiro atoms. The molecular formula is C37H46O6. The molecular weight excluding hydrogens is 540 g/mol. The molecule has 0 fully saturated rings. The van der Waals surface area contributed by atoms with Crippen LogP contribution in [-0.4, -0.2) is 24.2 Å². The Morgan fingerprint density at radius 2 is 1.35 bits per heavy atom. The van der Waals surface area contributed by atoms with E-state index in [1.165, 1.54) is 25.7 Å². The van der Waals surface area contributed by atoms with Gasteiger partial charge in [0.2, 0.25) is 0 Å². The molecule has 3 aromatic carbocycles. The van der Waals surface area contributed by atoms with Crippen LogP contribution in [0, 0.1) is 5.92 Å². The third kappa shape index (κ3) is 11.7. The minimum atomic E-state index is -0.997. The lowest BCUT2D eigenvalue weighted by molar-refractivity contribution is -0.134. The summed E-state index contributed by atoms with van der Waals surface area (Å²) in [6.07, 6.45) is 8.72. The van der Waals surface area contributed by atoms with E-state index in [1.807, 2.05) is 48.5 Å². The molecule has 0 aromatic heterocycles. The van der Waals surface area contributed by atoms with Crippen molar-refractivity contribution < 1.29 is 28.6 Å². The zero-order valence-corrected chi connectivity index (χ0v) is 26.1. The van der Waals surface area contributed by atoms with Crippen LogP contribution in [-0.2, 0) is 14.3 Å². The second kappa shape index (κ2) is 17.9. The van der Waals surface area contributed by atoms with Gasteiger partial charge in [-0.25, -0.2) is 9.59 Å². The molecule has 0 aliphatic carbocycles. The molecule has 0 aliphatic rings. The average Bonchev–Trinajstić information content (AvgIpc) is 3.00. The van der Waals surface area contributed by atoms with E-state index < -0.39 is 12.1 Å². The third-order valence-electron chi connectivity index (χ3n) is 7.35. The fourth-order valence-electron chi connectivity index (χ4n) is 4.84. The van der Waals surface area contributed by atoms with Crippen molar-refractivity contribution in [3.8, 4) is 28.0 Å².